The van der Waals surface area contributed by atoms with Crippen LogP contribution >= 0.6 is 11.6 Å². The van der Waals surface area contributed by atoms with Crippen LogP contribution < -0.4 is 0 Å². The SMILES string of the molecule is Cc1cc2c(cc1Cl)-c1c(C#N)cccc1C2(C)C. The minimum Gasteiger partial charge on any atom is -0.192 e. The van der Waals surface area contributed by atoms with Gasteiger partial charge >= 0.3 is 0 Å². The molecule has 2 aromatic carbocycles. The zero-order valence-electron chi connectivity index (χ0n) is 11.2. The smallest absolute Gasteiger partial charge is 0.0998 e. The predicted molar refractivity (Wildman–Crippen MR) is 78.5 cm³/mol. The molecule has 0 saturated heterocycles. The Morgan fingerprint density at radius 3 is 2.58 bits per heavy atom. The fraction of sp³-hybridized carbons (Fsp3) is 0.235. The Morgan fingerprint density at radius 1 is 1.16 bits per heavy atom. The van der Waals surface area contributed by atoms with Gasteiger partial charge in [0.05, 0.1) is 11.6 Å². The summed E-state index contributed by atoms with van der Waals surface area (Å²) in [4.78, 5) is 0. The van der Waals surface area contributed by atoms with Crippen molar-refractivity contribution in [2.45, 2.75) is 26.2 Å². The Bertz CT molecular complexity index is 736. The first kappa shape index (κ1) is 12.3. The Labute approximate surface area is 118 Å². The molecule has 0 aliphatic heterocycles. The second-order valence-electron chi connectivity index (χ2n) is 5.61. The van der Waals surface area contributed by atoms with E-state index >= 15 is 0 Å². The highest BCUT2D eigenvalue weighted by Gasteiger charge is 2.37. The molecule has 1 nitrogen and oxygen atoms in total. The summed E-state index contributed by atoms with van der Waals surface area (Å²) in [7, 11) is 0. The minimum absolute atomic E-state index is 0.0765. The zero-order valence-corrected chi connectivity index (χ0v) is 12.0. The van der Waals surface area contributed by atoms with Crippen LogP contribution in [0.5, 0.6) is 0 Å². The highest BCUT2D eigenvalue weighted by molar-refractivity contribution is 6.31. The lowest BCUT2D eigenvalue weighted by Gasteiger charge is -2.21. The number of benzene rings is 2. The molecular formula is C17H14ClN. The molecule has 1 aliphatic rings. The van der Waals surface area contributed by atoms with E-state index in [9.17, 15) is 5.26 Å². The fourth-order valence-electron chi connectivity index (χ4n) is 3.01. The van der Waals surface area contributed by atoms with Crippen molar-refractivity contribution in [3.63, 3.8) is 0 Å². The third-order valence-corrected chi connectivity index (χ3v) is 4.51. The van der Waals surface area contributed by atoms with Gasteiger partial charge in [0.1, 0.15) is 0 Å². The molecule has 0 fully saturated rings. The Morgan fingerprint density at radius 2 is 1.89 bits per heavy atom. The number of aryl methyl sites for hydroxylation is 1. The van der Waals surface area contributed by atoms with Crippen LogP contribution in [0.4, 0.5) is 0 Å². The van der Waals surface area contributed by atoms with Gasteiger partial charge in [-0.05, 0) is 41.3 Å². The van der Waals surface area contributed by atoms with Gasteiger partial charge in [0.15, 0.2) is 0 Å². The Kier molecular flexibility index (Phi) is 2.49. The third kappa shape index (κ3) is 1.54. The lowest BCUT2D eigenvalue weighted by molar-refractivity contribution is 0.659. The third-order valence-electron chi connectivity index (χ3n) is 4.10. The van der Waals surface area contributed by atoms with Crippen molar-refractivity contribution in [1.29, 1.82) is 5.26 Å². The minimum atomic E-state index is -0.0765. The molecule has 1 aliphatic carbocycles. The van der Waals surface area contributed by atoms with Crippen LogP contribution in [0.25, 0.3) is 11.1 Å². The van der Waals surface area contributed by atoms with Crippen molar-refractivity contribution in [1.82, 2.24) is 0 Å². The first-order valence-electron chi connectivity index (χ1n) is 6.31. The second-order valence-corrected chi connectivity index (χ2v) is 6.02. The molecule has 0 unspecified atom stereocenters. The zero-order chi connectivity index (χ0) is 13.8. The number of nitriles is 1. The van der Waals surface area contributed by atoms with Crippen LogP contribution in [0.15, 0.2) is 30.3 Å². The second kappa shape index (κ2) is 3.85. The van der Waals surface area contributed by atoms with E-state index in [1.54, 1.807) is 0 Å². The van der Waals surface area contributed by atoms with E-state index in [2.05, 4.69) is 32.0 Å². The van der Waals surface area contributed by atoms with E-state index in [1.165, 1.54) is 11.1 Å². The van der Waals surface area contributed by atoms with E-state index in [1.807, 2.05) is 25.1 Å². The maximum atomic E-state index is 9.34. The van der Waals surface area contributed by atoms with Crippen molar-refractivity contribution in [3.8, 4) is 17.2 Å². The summed E-state index contributed by atoms with van der Waals surface area (Å²) < 4.78 is 0. The Hall–Kier alpha value is -1.78. The predicted octanol–water partition coefficient (Wildman–Crippen LogP) is 4.83. The molecule has 0 saturated carbocycles. The van der Waals surface area contributed by atoms with Crippen molar-refractivity contribution in [2.24, 2.45) is 0 Å². The first-order valence-corrected chi connectivity index (χ1v) is 6.69. The molecule has 19 heavy (non-hydrogen) atoms. The molecule has 0 N–H and O–H groups in total. The summed E-state index contributed by atoms with van der Waals surface area (Å²) in [6, 6.07) is 12.4. The number of rotatable bonds is 0. The summed E-state index contributed by atoms with van der Waals surface area (Å²) in [5.74, 6) is 0. The van der Waals surface area contributed by atoms with Crippen LogP contribution in [0.1, 0.15) is 36.1 Å². The number of fused-ring (bicyclic) bond motifs is 3. The molecule has 0 aromatic heterocycles. The van der Waals surface area contributed by atoms with Crippen LogP contribution in [0.3, 0.4) is 0 Å². The van der Waals surface area contributed by atoms with E-state index in [4.69, 9.17) is 11.6 Å². The van der Waals surface area contributed by atoms with E-state index in [0.717, 1.165) is 27.3 Å². The van der Waals surface area contributed by atoms with Crippen molar-refractivity contribution in [2.75, 3.05) is 0 Å². The molecule has 0 spiro atoms. The van der Waals surface area contributed by atoms with Gasteiger partial charge in [-0.1, -0.05) is 43.6 Å². The van der Waals surface area contributed by atoms with E-state index in [-0.39, 0.29) is 5.41 Å². The number of nitrogens with zero attached hydrogens (tertiary/aromatic N) is 1. The average Bonchev–Trinajstić information content (AvgIpc) is 2.60. The molecule has 0 atom stereocenters. The topological polar surface area (TPSA) is 23.8 Å². The van der Waals surface area contributed by atoms with Gasteiger partial charge in [-0.15, -0.1) is 0 Å². The molecule has 0 amide bonds. The highest BCUT2D eigenvalue weighted by atomic mass is 35.5. The summed E-state index contributed by atoms with van der Waals surface area (Å²) in [6.45, 7) is 6.42. The summed E-state index contributed by atoms with van der Waals surface area (Å²) in [5, 5.41) is 10.1. The molecule has 94 valence electrons. The molecule has 0 radical (unpaired) electrons. The Balaban J connectivity index is 2.46. The number of hydrogen-bond acceptors (Lipinski definition) is 1. The van der Waals surface area contributed by atoms with Crippen molar-refractivity contribution in [3.05, 3.63) is 57.6 Å². The number of halogens is 1. The molecule has 2 aromatic rings. The molecular weight excluding hydrogens is 254 g/mol. The number of hydrogen-bond donors (Lipinski definition) is 0. The first-order chi connectivity index (χ1) is 8.96. The summed E-state index contributed by atoms with van der Waals surface area (Å²) in [6.07, 6.45) is 0. The standard InChI is InChI=1S/C17H14ClN/c1-10-7-14-12(8-15(10)18)16-11(9-19)5-4-6-13(16)17(14,2)3/h4-8H,1-3H3. The maximum absolute atomic E-state index is 9.34. The quantitative estimate of drug-likeness (QED) is 0.671. The summed E-state index contributed by atoms with van der Waals surface area (Å²) in [5.41, 5.74) is 6.35. The average molecular weight is 268 g/mol. The molecule has 2 heteroatoms. The van der Waals surface area contributed by atoms with Gasteiger partial charge in [-0.25, -0.2) is 0 Å². The van der Waals surface area contributed by atoms with Gasteiger partial charge < -0.3 is 0 Å². The fourth-order valence-corrected chi connectivity index (χ4v) is 3.17. The van der Waals surface area contributed by atoms with Gasteiger partial charge in [0.25, 0.3) is 0 Å². The van der Waals surface area contributed by atoms with Crippen LogP contribution in [-0.2, 0) is 5.41 Å². The summed E-state index contributed by atoms with van der Waals surface area (Å²) >= 11 is 6.26. The molecule has 3 rings (SSSR count). The maximum Gasteiger partial charge on any atom is 0.0998 e. The van der Waals surface area contributed by atoms with Crippen molar-refractivity contribution >= 4 is 11.6 Å². The lowest BCUT2D eigenvalue weighted by atomic mass is 9.82. The van der Waals surface area contributed by atoms with Crippen molar-refractivity contribution < 1.29 is 0 Å². The van der Waals surface area contributed by atoms with Crippen LogP contribution in [0.2, 0.25) is 5.02 Å². The van der Waals surface area contributed by atoms with Gasteiger partial charge in [0.2, 0.25) is 0 Å². The highest BCUT2D eigenvalue weighted by Crippen LogP contribution is 2.50. The van der Waals surface area contributed by atoms with Crippen LogP contribution in [0, 0.1) is 18.3 Å². The van der Waals surface area contributed by atoms with Gasteiger partial charge in [-0.3, -0.25) is 0 Å². The monoisotopic (exact) mass is 267 g/mol. The van der Waals surface area contributed by atoms with E-state index < -0.39 is 0 Å². The normalized spacial score (nSPS) is 14.7. The van der Waals surface area contributed by atoms with Crippen LogP contribution in [-0.4, -0.2) is 0 Å². The lowest BCUT2D eigenvalue weighted by Crippen LogP contribution is -2.15. The van der Waals surface area contributed by atoms with E-state index in [0.29, 0.717) is 0 Å². The van der Waals surface area contributed by atoms with Gasteiger partial charge in [-0.2, -0.15) is 5.26 Å². The molecule has 0 heterocycles. The largest absolute Gasteiger partial charge is 0.192 e. The van der Waals surface area contributed by atoms with Gasteiger partial charge in [0, 0.05) is 16.0 Å². The molecule has 0 bridgehead atoms.